The minimum Gasteiger partial charge on any atom is -0.494 e. The highest BCUT2D eigenvalue weighted by Gasteiger charge is 2.28. The Labute approximate surface area is 102 Å². The van der Waals surface area contributed by atoms with Gasteiger partial charge in [-0.3, -0.25) is 0 Å². The maximum Gasteiger partial charge on any atom is 0.168 e. The molecule has 0 aliphatic heterocycles. The molecule has 2 rings (SSSR count). The van der Waals surface area contributed by atoms with E-state index in [1.807, 2.05) is 6.07 Å². The van der Waals surface area contributed by atoms with Gasteiger partial charge in [-0.05, 0) is 30.9 Å². The van der Waals surface area contributed by atoms with Crippen LogP contribution in [-0.2, 0) is 6.42 Å². The van der Waals surface area contributed by atoms with Gasteiger partial charge in [-0.25, -0.2) is 4.39 Å². The van der Waals surface area contributed by atoms with Gasteiger partial charge in [0.05, 0.1) is 7.11 Å². The fourth-order valence-electron chi connectivity index (χ4n) is 2.66. The SMILES string of the molecule is COc1cccc(CC2(N)CCCCC2)c1F. The van der Waals surface area contributed by atoms with Gasteiger partial charge in [-0.15, -0.1) is 0 Å². The fourth-order valence-corrected chi connectivity index (χ4v) is 2.66. The van der Waals surface area contributed by atoms with Gasteiger partial charge in [0.15, 0.2) is 11.6 Å². The lowest BCUT2D eigenvalue weighted by molar-refractivity contribution is 0.290. The van der Waals surface area contributed by atoms with Crippen molar-refractivity contribution in [2.45, 2.75) is 44.1 Å². The number of hydrogen-bond donors (Lipinski definition) is 1. The quantitative estimate of drug-likeness (QED) is 0.877. The molecule has 17 heavy (non-hydrogen) atoms. The fraction of sp³-hybridized carbons (Fsp3) is 0.571. The summed E-state index contributed by atoms with van der Waals surface area (Å²) in [7, 11) is 1.49. The van der Waals surface area contributed by atoms with E-state index >= 15 is 0 Å². The lowest BCUT2D eigenvalue weighted by atomic mass is 9.78. The predicted octanol–water partition coefficient (Wildman–Crippen LogP) is 3.04. The first kappa shape index (κ1) is 12.4. The van der Waals surface area contributed by atoms with E-state index in [9.17, 15) is 4.39 Å². The Hall–Kier alpha value is -1.09. The summed E-state index contributed by atoms with van der Waals surface area (Å²) in [6.45, 7) is 0. The number of ether oxygens (including phenoxy) is 1. The van der Waals surface area contributed by atoms with E-state index in [1.54, 1.807) is 12.1 Å². The number of rotatable bonds is 3. The predicted molar refractivity (Wildman–Crippen MR) is 66.7 cm³/mol. The zero-order valence-corrected chi connectivity index (χ0v) is 10.3. The van der Waals surface area contributed by atoms with Crippen molar-refractivity contribution in [1.29, 1.82) is 0 Å². The summed E-state index contributed by atoms with van der Waals surface area (Å²) in [5, 5.41) is 0. The largest absolute Gasteiger partial charge is 0.494 e. The van der Waals surface area contributed by atoms with Gasteiger partial charge in [0.25, 0.3) is 0 Å². The van der Waals surface area contributed by atoms with E-state index < -0.39 is 0 Å². The summed E-state index contributed by atoms with van der Waals surface area (Å²) < 4.78 is 19.0. The van der Waals surface area contributed by atoms with Crippen molar-refractivity contribution < 1.29 is 9.13 Å². The van der Waals surface area contributed by atoms with Gasteiger partial charge in [-0.2, -0.15) is 0 Å². The zero-order chi connectivity index (χ0) is 12.3. The Morgan fingerprint density at radius 3 is 2.65 bits per heavy atom. The highest BCUT2D eigenvalue weighted by molar-refractivity contribution is 5.32. The third kappa shape index (κ3) is 2.78. The second-order valence-corrected chi connectivity index (χ2v) is 5.03. The normalized spacial score (nSPS) is 19.0. The molecule has 1 aromatic rings. The topological polar surface area (TPSA) is 35.2 Å². The van der Waals surface area contributed by atoms with Crippen molar-refractivity contribution in [3.8, 4) is 5.75 Å². The smallest absolute Gasteiger partial charge is 0.168 e. The molecular weight excluding hydrogens is 217 g/mol. The number of methoxy groups -OCH3 is 1. The summed E-state index contributed by atoms with van der Waals surface area (Å²) in [5.41, 5.74) is 6.79. The van der Waals surface area contributed by atoms with Crippen LogP contribution in [0.1, 0.15) is 37.7 Å². The van der Waals surface area contributed by atoms with Gasteiger partial charge >= 0.3 is 0 Å². The van der Waals surface area contributed by atoms with Crippen LogP contribution in [-0.4, -0.2) is 12.6 Å². The maximum absolute atomic E-state index is 14.0. The molecule has 1 aliphatic carbocycles. The molecule has 2 N–H and O–H groups in total. The minimum absolute atomic E-state index is 0.231. The van der Waals surface area contributed by atoms with Gasteiger partial charge in [0.1, 0.15) is 0 Å². The second-order valence-electron chi connectivity index (χ2n) is 5.03. The highest BCUT2D eigenvalue weighted by Crippen LogP contribution is 2.31. The van der Waals surface area contributed by atoms with E-state index in [1.165, 1.54) is 13.5 Å². The Bertz CT molecular complexity index is 386. The molecule has 2 nitrogen and oxygen atoms in total. The summed E-state index contributed by atoms with van der Waals surface area (Å²) in [6, 6.07) is 5.27. The molecule has 0 spiro atoms. The summed E-state index contributed by atoms with van der Waals surface area (Å²) in [6.07, 6.45) is 6.15. The lowest BCUT2D eigenvalue weighted by Gasteiger charge is -2.33. The lowest BCUT2D eigenvalue weighted by Crippen LogP contribution is -2.43. The molecule has 0 unspecified atom stereocenters. The molecule has 1 fully saturated rings. The van der Waals surface area contributed by atoms with Crippen LogP contribution in [0.2, 0.25) is 0 Å². The third-order valence-corrected chi connectivity index (χ3v) is 3.66. The summed E-state index contributed by atoms with van der Waals surface area (Å²) in [4.78, 5) is 0. The van der Waals surface area contributed by atoms with Crippen LogP contribution in [0.25, 0.3) is 0 Å². The molecule has 0 aromatic heterocycles. The van der Waals surface area contributed by atoms with Crippen molar-refractivity contribution in [2.24, 2.45) is 5.73 Å². The monoisotopic (exact) mass is 237 g/mol. The first-order chi connectivity index (χ1) is 8.14. The molecule has 0 radical (unpaired) electrons. The average molecular weight is 237 g/mol. The van der Waals surface area contributed by atoms with E-state index in [-0.39, 0.29) is 11.4 Å². The van der Waals surface area contributed by atoms with Gasteiger partial charge in [0, 0.05) is 5.54 Å². The van der Waals surface area contributed by atoms with Crippen LogP contribution < -0.4 is 10.5 Å². The van der Waals surface area contributed by atoms with E-state index in [4.69, 9.17) is 10.5 Å². The van der Waals surface area contributed by atoms with E-state index in [0.717, 1.165) is 25.7 Å². The van der Waals surface area contributed by atoms with Crippen LogP contribution in [0.4, 0.5) is 4.39 Å². The van der Waals surface area contributed by atoms with Crippen molar-refractivity contribution in [1.82, 2.24) is 0 Å². The molecule has 0 saturated heterocycles. The van der Waals surface area contributed by atoms with Crippen molar-refractivity contribution in [3.63, 3.8) is 0 Å². The number of hydrogen-bond acceptors (Lipinski definition) is 2. The minimum atomic E-state index is -0.259. The van der Waals surface area contributed by atoms with Gasteiger partial charge in [-0.1, -0.05) is 31.4 Å². The maximum atomic E-state index is 14.0. The molecule has 0 atom stereocenters. The Kier molecular flexibility index (Phi) is 3.67. The van der Waals surface area contributed by atoms with Crippen LogP contribution in [0.3, 0.4) is 0 Å². The first-order valence-electron chi connectivity index (χ1n) is 6.25. The Morgan fingerprint density at radius 1 is 1.29 bits per heavy atom. The number of benzene rings is 1. The van der Waals surface area contributed by atoms with Gasteiger partial charge < -0.3 is 10.5 Å². The molecule has 94 valence electrons. The zero-order valence-electron chi connectivity index (χ0n) is 10.3. The molecule has 3 heteroatoms. The number of nitrogens with two attached hydrogens (primary N) is 1. The van der Waals surface area contributed by atoms with Crippen LogP contribution >= 0.6 is 0 Å². The van der Waals surface area contributed by atoms with E-state index in [0.29, 0.717) is 17.7 Å². The van der Waals surface area contributed by atoms with Crippen LogP contribution in [0, 0.1) is 5.82 Å². The third-order valence-electron chi connectivity index (χ3n) is 3.66. The Balaban J connectivity index is 2.17. The Morgan fingerprint density at radius 2 is 2.00 bits per heavy atom. The molecule has 0 amide bonds. The standard InChI is InChI=1S/C14H20FNO/c1-17-12-7-5-6-11(13(12)15)10-14(16)8-3-2-4-9-14/h5-7H,2-4,8-10,16H2,1H3. The first-order valence-corrected chi connectivity index (χ1v) is 6.25. The second kappa shape index (κ2) is 5.05. The summed E-state index contributed by atoms with van der Waals surface area (Å²) in [5.74, 6) is 0.0484. The van der Waals surface area contributed by atoms with Crippen LogP contribution in [0.5, 0.6) is 5.75 Å². The number of halogens is 1. The molecule has 0 bridgehead atoms. The van der Waals surface area contributed by atoms with Crippen molar-refractivity contribution >= 4 is 0 Å². The van der Waals surface area contributed by atoms with Crippen molar-refractivity contribution in [2.75, 3.05) is 7.11 Å². The molecule has 1 saturated carbocycles. The van der Waals surface area contributed by atoms with Crippen LogP contribution in [0.15, 0.2) is 18.2 Å². The highest BCUT2D eigenvalue weighted by atomic mass is 19.1. The molecular formula is C14H20FNO. The molecule has 1 aliphatic rings. The summed E-state index contributed by atoms with van der Waals surface area (Å²) >= 11 is 0. The van der Waals surface area contributed by atoms with E-state index in [2.05, 4.69) is 0 Å². The molecule has 0 heterocycles. The van der Waals surface area contributed by atoms with Crippen molar-refractivity contribution in [3.05, 3.63) is 29.6 Å². The average Bonchev–Trinajstić information content (AvgIpc) is 2.32. The van der Waals surface area contributed by atoms with Gasteiger partial charge in [0.2, 0.25) is 0 Å². The molecule has 1 aromatic carbocycles.